The molecule has 0 fully saturated rings. The van der Waals surface area contributed by atoms with Gasteiger partial charge in [-0.2, -0.15) is 5.10 Å². The second-order valence-corrected chi connectivity index (χ2v) is 4.39. The van der Waals surface area contributed by atoms with Crippen molar-refractivity contribution in [1.29, 1.82) is 0 Å². The van der Waals surface area contributed by atoms with Gasteiger partial charge in [0.25, 0.3) is 0 Å². The largest absolute Gasteiger partial charge is 0.325 e. The molecule has 5 heteroatoms. The summed E-state index contributed by atoms with van der Waals surface area (Å²) in [5.74, 6) is 0.780. The lowest BCUT2D eigenvalue weighted by Crippen LogP contribution is -2.01. The van der Waals surface area contributed by atoms with Gasteiger partial charge in [-0.05, 0) is 19.1 Å². The van der Waals surface area contributed by atoms with E-state index in [1.807, 2.05) is 61.3 Å². The molecule has 0 saturated carbocycles. The van der Waals surface area contributed by atoms with Crippen molar-refractivity contribution >= 4 is 11.6 Å². The molecule has 96 valence electrons. The molecule has 0 unspecified atom stereocenters. The van der Waals surface area contributed by atoms with Crippen LogP contribution in [-0.2, 0) is 7.05 Å². The molecule has 19 heavy (non-hydrogen) atoms. The van der Waals surface area contributed by atoms with Crippen LogP contribution in [0.25, 0.3) is 5.69 Å². The number of hydrogen-bond acceptors (Lipinski definition) is 3. The Hall–Kier alpha value is -2.56. The van der Waals surface area contributed by atoms with Gasteiger partial charge in [0.2, 0.25) is 5.95 Å². The fraction of sp³-hybridized carbons (Fsp3) is 0.143. The smallest absolute Gasteiger partial charge is 0.212 e. The van der Waals surface area contributed by atoms with Crippen LogP contribution in [0.5, 0.6) is 0 Å². The summed E-state index contributed by atoms with van der Waals surface area (Å²) in [4.78, 5) is 4.35. The number of imidazole rings is 1. The minimum absolute atomic E-state index is 0.780. The Morgan fingerprint density at radius 2 is 1.95 bits per heavy atom. The second kappa shape index (κ2) is 4.61. The highest BCUT2D eigenvalue weighted by Crippen LogP contribution is 2.20. The first-order valence-electron chi connectivity index (χ1n) is 6.10. The minimum atomic E-state index is 0.780. The van der Waals surface area contributed by atoms with Crippen LogP contribution in [0.2, 0.25) is 0 Å². The molecule has 0 saturated heterocycles. The van der Waals surface area contributed by atoms with Gasteiger partial charge in [-0.25, -0.2) is 4.98 Å². The molecule has 0 amide bonds. The van der Waals surface area contributed by atoms with Crippen molar-refractivity contribution in [3.8, 4) is 5.69 Å². The molecule has 3 aromatic rings. The average Bonchev–Trinajstić information content (AvgIpc) is 2.97. The summed E-state index contributed by atoms with van der Waals surface area (Å²) in [5.41, 5.74) is 3.01. The Morgan fingerprint density at radius 3 is 2.63 bits per heavy atom. The molecule has 1 N–H and O–H groups in total. The zero-order valence-electron chi connectivity index (χ0n) is 10.9. The molecule has 3 rings (SSSR count). The van der Waals surface area contributed by atoms with Gasteiger partial charge < -0.3 is 5.32 Å². The lowest BCUT2D eigenvalue weighted by atomic mass is 10.3. The van der Waals surface area contributed by atoms with E-state index < -0.39 is 0 Å². The Kier molecular flexibility index (Phi) is 2.79. The van der Waals surface area contributed by atoms with Crippen molar-refractivity contribution in [3.63, 3.8) is 0 Å². The summed E-state index contributed by atoms with van der Waals surface area (Å²) < 4.78 is 3.80. The number of nitrogens with one attached hydrogen (secondary N) is 1. The third-order valence-corrected chi connectivity index (χ3v) is 2.92. The first-order chi connectivity index (χ1) is 9.24. The van der Waals surface area contributed by atoms with Crippen LogP contribution < -0.4 is 5.32 Å². The van der Waals surface area contributed by atoms with E-state index in [0.717, 1.165) is 23.0 Å². The molecule has 2 aromatic heterocycles. The maximum Gasteiger partial charge on any atom is 0.212 e. The van der Waals surface area contributed by atoms with Crippen LogP contribution in [0, 0.1) is 6.92 Å². The number of anilines is 2. The Balaban J connectivity index is 1.97. The monoisotopic (exact) mass is 253 g/mol. The van der Waals surface area contributed by atoms with Crippen LogP contribution in [0.15, 0.2) is 48.9 Å². The van der Waals surface area contributed by atoms with E-state index in [4.69, 9.17) is 0 Å². The predicted octanol–water partition coefficient (Wildman–Crippen LogP) is 2.66. The zero-order chi connectivity index (χ0) is 13.2. The molecule has 1 aromatic carbocycles. The number of aryl methyl sites for hydroxylation is 2. The second-order valence-electron chi connectivity index (χ2n) is 4.39. The van der Waals surface area contributed by atoms with Crippen molar-refractivity contribution in [2.24, 2.45) is 7.05 Å². The minimum Gasteiger partial charge on any atom is -0.325 e. The average molecular weight is 253 g/mol. The molecule has 5 nitrogen and oxygen atoms in total. The van der Waals surface area contributed by atoms with Gasteiger partial charge in [0.05, 0.1) is 11.4 Å². The van der Waals surface area contributed by atoms with Crippen molar-refractivity contribution < 1.29 is 0 Å². The van der Waals surface area contributed by atoms with E-state index in [1.165, 1.54) is 0 Å². The van der Waals surface area contributed by atoms with Crippen molar-refractivity contribution in [1.82, 2.24) is 19.3 Å². The summed E-state index contributed by atoms with van der Waals surface area (Å²) in [6.45, 7) is 1.99. The van der Waals surface area contributed by atoms with Gasteiger partial charge in [-0.15, -0.1) is 0 Å². The lowest BCUT2D eigenvalue weighted by Gasteiger charge is -2.08. The van der Waals surface area contributed by atoms with Gasteiger partial charge in [0, 0.05) is 31.3 Å². The summed E-state index contributed by atoms with van der Waals surface area (Å²) >= 11 is 0. The summed E-state index contributed by atoms with van der Waals surface area (Å²) in [7, 11) is 1.91. The molecular formula is C14H15N5. The summed E-state index contributed by atoms with van der Waals surface area (Å²) in [6.07, 6.45) is 5.68. The Bertz CT molecular complexity index is 681. The van der Waals surface area contributed by atoms with Gasteiger partial charge in [0.1, 0.15) is 0 Å². The molecule has 0 bridgehead atoms. The van der Waals surface area contributed by atoms with Crippen LogP contribution in [0.4, 0.5) is 11.6 Å². The number of aromatic nitrogens is 4. The Labute approximate surface area is 111 Å². The van der Waals surface area contributed by atoms with Gasteiger partial charge >= 0.3 is 0 Å². The van der Waals surface area contributed by atoms with E-state index in [0.29, 0.717) is 0 Å². The van der Waals surface area contributed by atoms with E-state index in [-0.39, 0.29) is 0 Å². The predicted molar refractivity (Wildman–Crippen MR) is 74.8 cm³/mol. The van der Waals surface area contributed by atoms with Crippen LogP contribution in [0.1, 0.15) is 5.69 Å². The molecule has 0 spiro atoms. The lowest BCUT2D eigenvalue weighted by molar-refractivity contribution is 0.756. The first kappa shape index (κ1) is 11.5. The van der Waals surface area contributed by atoms with Crippen molar-refractivity contribution in [3.05, 3.63) is 54.6 Å². The fourth-order valence-electron chi connectivity index (χ4n) is 2.06. The van der Waals surface area contributed by atoms with Crippen molar-refractivity contribution in [2.75, 3.05) is 5.32 Å². The SMILES string of the molecule is Cc1nn(C)cc1-n1ccnc1Nc1ccccc1. The molecule has 0 aliphatic heterocycles. The van der Waals surface area contributed by atoms with Gasteiger partial charge in [0.15, 0.2) is 0 Å². The number of rotatable bonds is 3. The number of para-hydroxylation sites is 1. The number of nitrogens with zero attached hydrogens (tertiary/aromatic N) is 4. The maximum atomic E-state index is 4.36. The van der Waals surface area contributed by atoms with E-state index >= 15 is 0 Å². The molecule has 0 aliphatic rings. The van der Waals surface area contributed by atoms with Crippen molar-refractivity contribution in [2.45, 2.75) is 6.92 Å². The highest BCUT2D eigenvalue weighted by atomic mass is 15.3. The number of hydrogen-bond donors (Lipinski definition) is 1. The first-order valence-corrected chi connectivity index (χ1v) is 6.10. The van der Waals surface area contributed by atoms with E-state index in [1.54, 1.807) is 10.9 Å². The topological polar surface area (TPSA) is 47.7 Å². The summed E-state index contributed by atoms with van der Waals surface area (Å²) in [5, 5.41) is 7.66. The van der Waals surface area contributed by atoms with E-state index in [2.05, 4.69) is 15.4 Å². The van der Waals surface area contributed by atoms with Crippen LogP contribution in [0.3, 0.4) is 0 Å². The fourth-order valence-corrected chi connectivity index (χ4v) is 2.06. The normalized spacial score (nSPS) is 10.6. The van der Waals surface area contributed by atoms with Gasteiger partial charge in [-0.1, -0.05) is 18.2 Å². The molecule has 0 radical (unpaired) electrons. The Morgan fingerprint density at radius 1 is 1.16 bits per heavy atom. The number of benzene rings is 1. The third-order valence-electron chi connectivity index (χ3n) is 2.92. The standard InChI is InChI=1S/C14H15N5/c1-11-13(10-18(2)17-11)19-9-8-15-14(19)16-12-6-4-3-5-7-12/h3-10H,1-2H3,(H,15,16). The molecule has 0 atom stereocenters. The quantitative estimate of drug-likeness (QED) is 0.780. The highest BCUT2D eigenvalue weighted by molar-refractivity contribution is 5.56. The van der Waals surface area contributed by atoms with Crippen LogP contribution in [-0.4, -0.2) is 19.3 Å². The van der Waals surface area contributed by atoms with E-state index in [9.17, 15) is 0 Å². The highest BCUT2D eigenvalue weighted by Gasteiger charge is 2.10. The molecule has 0 aliphatic carbocycles. The molecular weight excluding hydrogens is 238 g/mol. The summed E-state index contributed by atoms with van der Waals surface area (Å²) in [6, 6.07) is 9.99. The zero-order valence-corrected chi connectivity index (χ0v) is 10.9. The third kappa shape index (κ3) is 2.22. The maximum absolute atomic E-state index is 4.36. The van der Waals surface area contributed by atoms with Gasteiger partial charge in [-0.3, -0.25) is 9.25 Å². The van der Waals surface area contributed by atoms with Crippen LogP contribution >= 0.6 is 0 Å². The molecule has 2 heterocycles.